The molecule has 2 aliphatic rings. The highest BCUT2D eigenvalue weighted by Gasteiger charge is 2.22. The molecule has 1 fully saturated rings. The number of aromatic nitrogens is 2. The quantitative estimate of drug-likeness (QED) is 0.800. The lowest BCUT2D eigenvalue weighted by molar-refractivity contribution is -0.131. The number of nitrogens with one attached hydrogen (secondary N) is 1. The Labute approximate surface area is 136 Å². The molecule has 2 aliphatic heterocycles. The van der Waals surface area contributed by atoms with Crippen LogP contribution in [0, 0.1) is 0 Å². The Morgan fingerprint density at radius 2 is 1.91 bits per heavy atom. The normalized spacial score (nSPS) is 18.1. The number of carbonyl (C=O) groups is 1. The Morgan fingerprint density at radius 3 is 2.57 bits per heavy atom. The molecule has 3 rings (SSSR count). The van der Waals surface area contributed by atoms with Crippen LogP contribution in [0.25, 0.3) is 0 Å². The molecule has 1 amide bonds. The summed E-state index contributed by atoms with van der Waals surface area (Å²) in [5.74, 6) is 1.82. The van der Waals surface area contributed by atoms with Gasteiger partial charge in [-0.05, 0) is 6.07 Å². The summed E-state index contributed by atoms with van der Waals surface area (Å²) in [6.07, 6.45) is 3.98. The standard InChI is InChI=1S/C15H23N7O/c1-20-8-7-19-14(20)18-6-3-13(23)21-9-11-22(12-10-21)15-16-4-2-5-17-15/h2,4-5H,3,6-12H2,1H3,(H,18,19). The van der Waals surface area contributed by atoms with Crippen molar-refractivity contribution in [3.8, 4) is 0 Å². The second kappa shape index (κ2) is 7.26. The van der Waals surface area contributed by atoms with Gasteiger partial charge in [0.25, 0.3) is 0 Å². The minimum absolute atomic E-state index is 0.187. The Balaban J connectivity index is 1.40. The molecule has 8 nitrogen and oxygen atoms in total. The van der Waals surface area contributed by atoms with Crippen molar-refractivity contribution in [2.75, 3.05) is 57.8 Å². The Morgan fingerprint density at radius 1 is 1.17 bits per heavy atom. The highest BCUT2D eigenvalue weighted by atomic mass is 16.2. The molecule has 1 N–H and O–H groups in total. The predicted molar refractivity (Wildman–Crippen MR) is 88.4 cm³/mol. The van der Waals surface area contributed by atoms with Crippen molar-refractivity contribution < 1.29 is 4.79 Å². The summed E-state index contributed by atoms with van der Waals surface area (Å²) in [5, 5.41) is 3.23. The maximum absolute atomic E-state index is 12.3. The van der Waals surface area contributed by atoms with E-state index in [9.17, 15) is 4.79 Å². The molecule has 3 heterocycles. The van der Waals surface area contributed by atoms with Gasteiger partial charge < -0.3 is 20.0 Å². The SMILES string of the molecule is CN1CCN=C1NCCC(=O)N1CCN(c2ncccn2)CC1. The minimum atomic E-state index is 0.187. The van der Waals surface area contributed by atoms with Crippen molar-refractivity contribution in [2.24, 2.45) is 4.99 Å². The van der Waals surface area contributed by atoms with Crippen LogP contribution >= 0.6 is 0 Å². The van der Waals surface area contributed by atoms with Crippen molar-refractivity contribution in [1.29, 1.82) is 0 Å². The minimum Gasteiger partial charge on any atom is -0.356 e. The molecule has 0 saturated carbocycles. The van der Waals surface area contributed by atoms with Crippen LogP contribution in [0.1, 0.15) is 6.42 Å². The third-order valence-corrected chi connectivity index (χ3v) is 4.15. The number of anilines is 1. The van der Waals surface area contributed by atoms with Crippen LogP contribution in [0.15, 0.2) is 23.5 Å². The number of hydrogen-bond acceptors (Lipinski definition) is 7. The van der Waals surface area contributed by atoms with Crippen molar-refractivity contribution in [3.05, 3.63) is 18.5 Å². The molecule has 0 unspecified atom stereocenters. The van der Waals surface area contributed by atoms with Gasteiger partial charge in [0.05, 0.1) is 6.54 Å². The van der Waals surface area contributed by atoms with Crippen molar-refractivity contribution in [2.45, 2.75) is 6.42 Å². The third kappa shape index (κ3) is 3.88. The lowest BCUT2D eigenvalue weighted by Crippen LogP contribution is -2.49. The third-order valence-electron chi connectivity index (χ3n) is 4.15. The van der Waals surface area contributed by atoms with E-state index in [0.717, 1.165) is 51.2 Å². The van der Waals surface area contributed by atoms with Crippen LogP contribution in [0.5, 0.6) is 0 Å². The number of rotatable bonds is 4. The van der Waals surface area contributed by atoms with Crippen molar-refractivity contribution in [1.82, 2.24) is 25.1 Å². The average molecular weight is 317 g/mol. The molecule has 0 aromatic carbocycles. The van der Waals surface area contributed by atoms with Gasteiger partial charge in [0, 0.05) is 65.1 Å². The zero-order valence-electron chi connectivity index (χ0n) is 13.5. The van der Waals surface area contributed by atoms with E-state index < -0.39 is 0 Å². The molecular formula is C15H23N7O. The lowest BCUT2D eigenvalue weighted by Gasteiger charge is -2.34. The van der Waals surface area contributed by atoms with Gasteiger partial charge in [-0.2, -0.15) is 0 Å². The van der Waals surface area contributed by atoms with Gasteiger partial charge in [0.2, 0.25) is 11.9 Å². The number of carbonyl (C=O) groups excluding carboxylic acids is 1. The van der Waals surface area contributed by atoms with E-state index in [-0.39, 0.29) is 5.91 Å². The second-order valence-corrected chi connectivity index (χ2v) is 5.72. The van der Waals surface area contributed by atoms with E-state index in [1.807, 2.05) is 18.0 Å². The summed E-state index contributed by atoms with van der Waals surface area (Å²) in [7, 11) is 2.01. The first-order chi connectivity index (χ1) is 11.2. The van der Waals surface area contributed by atoms with E-state index in [0.29, 0.717) is 13.0 Å². The number of nitrogens with zero attached hydrogens (tertiary/aromatic N) is 6. The molecule has 0 aliphatic carbocycles. The smallest absolute Gasteiger partial charge is 0.225 e. The van der Waals surface area contributed by atoms with Crippen LogP contribution < -0.4 is 10.2 Å². The van der Waals surface area contributed by atoms with E-state index >= 15 is 0 Å². The maximum atomic E-state index is 12.3. The van der Waals surface area contributed by atoms with Crippen LogP contribution in [-0.2, 0) is 4.79 Å². The van der Waals surface area contributed by atoms with Crippen LogP contribution in [0.4, 0.5) is 5.95 Å². The fraction of sp³-hybridized carbons (Fsp3) is 0.600. The first-order valence-corrected chi connectivity index (χ1v) is 8.03. The van der Waals surface area contributed by atoms with Gasteiger partial charge in [-0.3, -0.25) is 9.79 Å². The highest BCUT2D eigenvalue weighted by molar-refractivity contribution is 5.82. The molecule has 8 heteroatoms. The number of amides is 1. The zero-order chi connectivity index (χ0) is 16.1. The van der Waals surface area contributed by atoms with Crippen molar-refractivity contribution in [3.63, 3.8) is 0 Å². The van der Waals surface area contributed by atoms with Gasteiger partial charge in [0.15, 0.2) is 5.96 Å². The Bertz CT molecular complexity index is 554. The molecular weight excluding hydrogens is 294 g/mol. The second-order valence-electron chi connectivity index (χ2n) is 5.72. The van der Waals surface area contributed by atoms with Gasteiger partial charge in [-0.25, -0.2) is 9.97 Å². The van der Waals surface area contributed by atoms with Gasteiger partial charge in [-0.15, -0.1) is 0 Å². The average Bonchev–Trinajstić information content (AvgIpc) is 3.01. The van der Waals surface area contributed by atoms with Crippen molar-refractivity contribution >= 4 is 17.8 Å². The van der Waals surface area contributed by atoms with E-state index in [1.165, 1.54) is 0 Å². The highest BCUT2D eigenvalue weighted by Crippen LogP contribution is 2.10. The van der Waals surface area contributed by atoms with E-state index in [1.54, 1.807) is 12.4 Å². The predicted octanol–water partition coefficient (Wildman–Crippen LogP) is -0.594. The fourth-order valence-electron chi connectivity index (χ4n) is 2.77. The molecule has 0 bridgehead atoms. The Kier molecular flexibility index (Phi) is 4.89. The summed E-state index contributed by atoms with van der Waals surface area (Å²) in [6, 6.07) is 1.81. The van der Waals surface area contributed by atoms with E-state index in [2.05, 4.69) is 30.1 Å². The van der Waals surface area contributed by atoms with Gasteiger partial charge in [-0.1, -0.05) is 0 Å². The molecule has 1 saturated heterocycles. The molecule has 1 aromatic heterocycles. The summed E-state index contributed by atoms with van der Waals surface area (Å²) >= 11 is 0. The molecule has 1 aromatic rings. The number of piperazine rings is 1. The lowest BCUT2D eigenvalue weighted by atomic mass is 10.3. The van der Waals surface area contributed by atoms with Crippen LogP contribution in [0.3, 0.4) is 0 Å². The molecule has 124 valence electrons. The van der Waals surface area contributed by atoms with Crippen LogP contribution in [0.2, 0.25) is 0 Å². The summed E-state index contributed by atoms with van der Waals surface area (Å²) in [6.45, 7) is 5.40. The van der Waals surface area contributed by atoms with Gasteiger partial charge >= 0.3 is 0 Å². The first kappa shape index (κ1) is 15.5. The molecule has 0 spiro atoms. The molecule has 0 radical (unpaired) electrons. The monoisotopic (exact) mass is 317 g/mol. The summed E-state index contributed by atoms with van der Waals surface area (Å²) < 4.78 is 0. The number of guanidine groups is 1. The number of aliphatic imine (C=N–C) groups is 1. The van der Waals surface area contributed by atoms with E-state index in [4.69, 9.17) is 0 Å². The first-order valence-electron chi connectivity index (χ1n) is 8.03. The Hall–Kier alpha value is -2.38. The van der Waals surface area contributed by atoms with Crippen LogP contribution in [-0.4, -0.2) is 84.5 Å². The zero-order valence-corrected chi connectivity index (χ0v) is 13.5. The number of likely N-dealkylation sites (N-methyl/N-ethyl adjacent to an activating group) is 1. The fourth-order valence-corrected chi connectivity index (χ4v) is 2.77. The molecule has 23 heavy (non-hydrogen) atoms. The number of hydrogen-bond donors (Lipinski definition) is 1. The summed E-state index contributed by atoms with van der Waals surface area (Å²) in [5.41, 5.74) is 0. The topological polar surface area (TPSA) is 77.0 Å². The molecule has 0 atom stereocenters. The largest absolute Gasteiger partial charge is 0.356 e. The van der Waals surface area contributed by atoms with Gasteiger partial charge in [0.1, 0.15) is 0 Å². The maximum Gasteiger partial charge on any atom is 0.225 e. The summed E-state index contributed by atoms with van der Waals surface area (Å²) in [4.78, 5) is 31.3.